The molecule has 0 aromatic carbocycles. The minimum absolute atomic E-state index is 0.190. The van der Waals surface area contributed by atoms with E-state index in [0.717, 1.165) is 24.4 Å². The van der Waals surface area contributed by atoms with Gasteiger partial charge in [0.2, 0.25) is 0 Å². The van der Waals surface area contributed by atoms with Crippen LogP contribution in [-0.2, 0) is 20.0 Å². The van der Waals surface area contributed by atoms with Gasteiger partial charge in [-0.05, 0) is 0 Å². The van der Waals surface area contributed by atoms with Crippen molar-refractivity contribution < 1.29 is 0 Å². The highest BCUT2D eigenvalue weighted by molar-refractivity contribution is 6.32. The fraction of sp³-hybridized carbons (Fsp3) is 0.364. The lowest BCUT2D eigenvalue weighted by molar-refractivity contribution is 0.677. The van der Waals surface area contributed by atoms with E-state index < -0.39 is 0 Å². The number of rotatable bonds is 1. The van der Waals surface area contributed by atoms with Gasteiger partial charge in [-0.3, -0.25) is 4.79 Å². The van der Waals surface area contributed by atoms with E-state index in [0.29, 0.717) is 12.2 Å². The van der Waals surface area contributed by atoms with Gasteiger partial charge in [-0.15, -0.1) is 0 Å². The first-order chi connectivity index (χ1) is 8.66. The molecule has 18 heavy (non-hydrogen) atoms. The number of halogens is 1. The van der Waals surface area contributed by atoms with Gasteiger partial charge in [0.15, 0.2) is 0 Å². The van der Waals surface area contributed by atoms with E-state index in [9.17, 15) is 4.79 Å². The topological polar surface area (TPSA) is 66.8 Å². The SMILES string of the molecule is Cn1cnc2c1CN(c1cn[nH]c(=O)c1Cl)CC2. The third-order valence-corrected chi connectivity index (χ3v) is 3.59. The van der Waals surface area contributed by atoms with E-state index in [2.05, 4.69) is 20.1 Å². The molecule has 3 rings (SSSR count). The smallest absolute Gasteiger partial charge is 0.285 e. The Hall–Kier alpha value is -1.82. The number of nitrogens with one attached hydrogen (secondary N) is 1. The van der Waals surface area contributed by atoms with Crippen molar-refractivity contribution in [3.8, 4) is 0 Å². The highest BCUT2D eigenvalue weighted by Crippen LogP contribution is 2.26. The van der Waals surface area contributed by atoms with Crippen molar-refractivity contribution in [1.29, 1.82) is 0 Å². The molecule has 0 saturated carbocycles. The van der Waals surface area contributed by atoms with Crippen molar-refractivity contribution in [2.75, 3.05) is 11.4 Å². The van der Waals surface area contributed by atoms with Crippen LogP contribution in [-0.4, -0.2) is 26.3 Å². The Bertz CT molecular complexity index is 647. The molecule has 1 aliphatic rings. The van der Waals surface area contributed by atoms with Crippen LogP contribution >= 0.6 is 11.6 Å². The van der Waals surface area contributed by atoms with Gasteiger partial charge < -0.3 is 9.47 Å². The summed E-state index contributed by atoms with van der Waals surface area (Å²) in [5.41, 5.74) is 2.58. The molecule has 94 valence electrons. The average Bonchev–Trinajstić information content (AvgIpc) is 2.74. The molecule has 0 amide bonds. The molecule has 1 N–H and O–H groups in total. The summed E-state index contributed by atoms with van der Waals surface area (Å²) in [4.78, 5) is 17.8. The van der Waals surface area contributed by atoms with Gasteiger partial charge in [0.05, 0.1) is 36.1 Å². The Labute approximate surface area is 108 Å². The van der Waals surface area contributed by atoms with E-state index in [1.807, 2.05) is 17.9 Å². The molecule has 0 unspecified atom stereocenters. The van der Waals surface area contributed by atoms with Crippen LogP contribution in [0.1, 0.15) is 11.4 Å². The summed E-state index contributed by atoms with van der Waals surface area (Å²) < 4.78 is 2.00. The third kappa shape index (κ3) is 1.69. The summed E-state index contributed by atoms with van der Waals surface area (Å²) >= 11 is 6.02. The van der Waals surface area contributed by atoms with Crippen molar-refractivity contribution in [1.82, 2.24) is 19.7 Å². The first-order valence-corrected chi connectivity index (χ1v) is 6.02. The molecule has 0 fully saturated rings. The van der Waals surface area contributed by atoms with Crippen molar-refractivity contribution in [2.24, 2.45) is 7.05 Å². The predicted molar refractivity (Wildman–Crippen MR) is 67.8 cm³/mol. The van der Waals surface area contributed by atoms with Crippen molar-refractivity contribution in [2.45, 2.75) is 13.0 Å². The summed E-state index contributed by atoms with van der Waals surface area (Å²) in [6, 6.07) is 0. The van der Waals surface area contributed by atoms with Crippen LogP contribution in [0.2, 0.25) is 5.02 Å². The van der Waals surface area contributed by atoms with Gasteiger partial charge in [-0.1, -0.05) is 11.6 Å². The number of fused-ring (bicyclic) bond motifs is 1. The van der Waals surface area contributed by atoms with Gasteiger partial charge in [-0.25, -0.2) is 10.1 Å². The molecule has 0 spiro atoms. The fourth-order valence-electron chi connectivity index (χ4n) is 2.22. The third-order valence-electron chi connectivity index (χ3n) is 3.22. The predicted octanol–water partition coefficient (Wildman–Crippen LogP) is 0.719. The van der Waals surface area contributed by atoms with Crippen molar-refractivity contribution in [3.05, 3.63) is 39.3 Å². The molecule has 0 saturated heterocycles. The highest BCUT2D eigenvalue weighted by Gasteiger charge is 2.22. The number of hydrogen-bond acceptors (Lipinski definition) is 4. The van der Waals surface area contributed by atoms with Crippen LogP contribution in [0.15, 0.2) is 17.3 Å². The number of anilines is 1. The van der Waals surface area contributed by atoms with Gasteiger partial charge in [-0.2, -0.15) is 5.10 Å². The number of H-pyrrole nitrogens is 1. The van der Waals surface area contributed by atoms with Gasteiger partial charge >= 0.3 is 0 Å². The second kappa shape index (κ2) is 4.13. The Morgan fingerprint density at radius 2 is 2.33 bits per heavy atom. The van der Waals surface area contributed by atoms with Gasteiger partial charge in [0, 0.05) is 20.0 Å². The van der Waals surface area contributed by atoms with Crippen molar-refractivity contribution in [3.63, 3.8) is 0 Å². The van der Waals surface area contributed by atoms with E-state index in [4.69, 9.17) is 11.6 Å². The number of aromatic nitrogens is 4. The average molecular weight is 266 g/mol. The maximum absolute atomic E-state index is 11.5. The maximum Gasteiger partial charge on any atom is 0.285 e. The Kier molecular flexibility index (Phi) is 2.59. The van der Waals surface area contributed by atoms with Crippen LogP contribution in [0.25, 0.3) is 0 Å². The van der Waals surface area contributed by atoms with E-state index in [1.165, 1.54) is 0 Å². The number of aryl methyl sites for hydroxylation is 1. The molecule has 7 heteroatoms. The second-order valence-corrected chi connectivity index (χ2v) is 4.70. The standard InChI is InChI=1S/C11H12ClN5O/c1-16-6-13-7-2-3-17(5-9(7)16)8-4-14-15-11(18)10(8)12/h4,6H,2-3,5H2,1H3,(H,15,18). The van der Waals surface area contributed by atoms with Gasteiger partial charge in [0.1, 0.15) is 5.02 Å². The monoisotopic (exact) mass is 265 g/mol. The molecular formula is C11H12ClN5O. The zero-order chi connectivity index (χ0) is 12.7. The summed E-state index contributed by atoms with van der Waals surface area (Å²) in [5, 5.41) is 6.31. The van der Waals surface area contributed by atoms with E-state index in [-0.39, 0.29) is 10.6 Å². The zero-order valence-electron chi connectivity index (χ0n) is 9.85. The lowest BCUT2D eigenvalue weighted by Crippen LogP contribution is -2.32. The van der Waals surface area contributed by atoms with E-state index in [1.54, 1.807) is 6.20 Å². The lowest BCUT2D eigenvalue weighted by Gasteiger charge is -2.29. The molecule has 3 heterocycles. The van der Waals surface area contributed by atoms with Crippen LogP contribution in [0, 0.1) is 0 Å². The summed E-state index contributed by atoms with van der Waals surface area (Å²) in [5.74, 6) is 0. The minimum atomic E-state index is -0.357. The highest BCUT2D eigenvalue weighted by atomic mass is 35.5. The largest absolute Gasteiger partial charge is 0.363 e. The number of imidazole rings is 1. The molecule has 0 radical (unpaired) electrons. The van der Waals surface area contributed by atoms with Crippen molar-refractivity contribution >= 4 is 17.3 Å². The summed E-state index contributed by atoms with van der Waals surface area (Å²) in [6.07, 6.45) is 4.25. The molecule has 6 nitrogen and oxygen atoms in total. The van der Waals surface area contributed by atoms with Crippen LogP contribution in [0.5, 0.6) is 0 Å². The first-order valence-electron chi connectivity index (χ1n) is 5.64. The number of aromatic amines is 1. The first kappa shape index (κ1) is 11.3. The molecular weight excluding hydrogens is 254 g/mol. The Morgan fingerprint density at radius 3 is 3.17 bits per heavy atom. The Balaban J connectivity index is 1.99. The molecule has 0 bridgehead atoms. The zero-order valence-corrected chi connectivity index (χ0v) is 10.6. The van der Waals surface area contributed by atoms with Crippen LogP contribution in [0.4, 0.5) is 5.69 Å². The normalized spacial score (nSPS) is 14.7. The number of hydrogen-bond donors (Lipinski definition) is 1. The lowest BCUT2D eigenvalue weighted by atomic mass is 10.1. The fourth-order valence-corrected chi connectivity index (χ4v) is 2.43. The quantitative estimate of drug-likeness (QED) is 0.825. The number of nitrogens with zero attached hydrogens (tertiary/aromatic N) is 4. The molecule has 2 aromatic rings. The second-order valence-electron chi connectivity index (χ2n) is 4.32. The summed E-state index contributed by atoms with van der Waals surface area (Å²) in [7, 11) is 1.97. The Morgan fingerprint density at radius 1 is 1.50 bits per heavy atom. The minimum Gasteiger partial charge on any atom is -0.363 e. The molecule has 1 aliphatic heterocycles. The molecule has 2 aromatic heterocycles. The maximum atomic E-state index is 11.5. The van der Waals surface area contributed by atoms with Gasteiger partial charge in [0.25, 0.3) is 5.56 Å². The van der Waals surface area contributed by atoms with E-state index >= 15 is 0 Å². The molecule has 0 atom stereocenters. The van der Waals surface area contributed by atoms with Crippen LogP contribution in [0.3, 0.4) is 0 Å². The summed E-state index contributed by atoms with van der Waals surface area (Å²) in [6.45, 7) is 1.48. The molecule has 0 aliphatic carbocycles. The van der Waals surface area contributed by atoms with Crippen LogP contribution < -0.4 is 10.5 Å².